The maximum absolute atomic E-state index is 9.71. The lowest BCUT2D eigenvalue weighted by Crippen LogP contribution is -2.33. The molecule has 0 saturated carbocycles. The Kier molecular flexibility index (Phi) is 5.73. The van der Waals surface area contributed by atoms with Crippen LogP contribution in [-0.2, 0) is 15.5 Å². The van der Waals surface area contributed by atoms with Crippen molar-refractivity contribution < 1.29 is 14.7 Å². The fraction of sp³-hybridized carbons (Fsp3) is 0.455. The van der Waals surface area contributed by atoms with Crippen LogP contribution in [0.5, 0.6) is 0 Å². The summed E-state index contributed by atoms with van der Waals surface area (Å²) in [4.78, 5) is 4.85. The molecule has 5 heteroatoms. The van der Waals surface area contributed by atoms with Gasteiger partial charge in [0.25, 0.3) is 0 Å². The van der Waals surface area contributed by atoms with Crippen LogP contribution in [0.4, 0.5) is 0 Å². The third-order valence-electron chi connectivity index (χ3n) is 2.31. The summed E-state index contributed by atoms with van der Waals surface area (Å²) in [5, 5.41) is 9.71. The topological polar surface area (TPSA) is 50.7 Å². The van der Waals surface area contributed by atoms with Crippen LogP contribution in [0.3, 0.4) is 0 Å². The molecule has 0 heterocycles. The first kappa shape index (κ1) is 13.4. The smallest absolute Gasteiger partial charge is 0.176 e. The van der Waals surface area contributed by atoms with Crippen molar-refractivity contribution >= 4 is 11.6 Å². The minimum Gasteiger partial charge on any atom is -0.366 e. The van der Waals surface area contributed by atoms with E-state index in [9.17, 15) is 5.11 Å². The number of methoxy groups -OCH3 is 1. The van der Waals surface area contributed by atoms with Crippen LogP contribution in [-0.4, -0.2) is 25.6 Å². The number of hydroxylamine groups is 1. The van der Waals surface area contributed by atoms with Crippen molar-refractivity contribution in [2.45, 2.75) is 18.2 Å². The molecule has 2 N–H and O–H groups in total. The number of aliphatic hydroxyl groups is 1. The summed E-state index contributed by atoms with van der Waals surface area (Å²) in [5.41, 5.74) is 4.47. The molecule has 2 atom stereocenters. The Labute approximate surface area is 100 Å². The second-order valence-corrected chi connectivity index (χ2v) is 3.53. The highest BCUT2D eigenvalue weighted by atomic mass is 35.5. The zero-order valence-corrected chi connectivity index (χ0v) is 10.1. The van der Waals surface area contributed by atoms with Crippen LogP contribution in [0.25, 0.3) is 0 Å². The van der Waals surface area contributed by atoms with E-state index in [2.05, 4.69) is 5.48 Å². The van der Waals surface area contributed by atoms with Crippen molar-refractivity contribution in [2.24, 2.45) is 0 Å². The Morgan fingerprint density at radius 1 is 1.38 bits per heavy atom. The van der Waals surface area contributed by atoms with E-state index < -0.39 is 12.3 Å². The average molecular weight is 246 g/mol. The summed E-state index contributed by atoms with van der Waals surface area (Å²) < 4.78 is 4.89. The van der Waals surface area contributed by atoms with Gasteiger partial charge in [-0.15, -0.1) is 11.6 Å². The number of hydrogen-bond acceptors (Lipinski definition) is 4. The van der Waals surface area contributed by atoms with Crippen molar-refractivity contribution in [1.29, 1.82) is 0 Å². The van der Waals surface area contributed by atoms with E-state index in [0.717, 1.165) is 11.1 Å². The summed E-state index contributed by atoms with van der Waals surface area (Å²) in [6.45, 7) is 0. The maximum atomic E-state index is 9.71. The van der Waals surface area contributed by atoms with Crippen LogP contribution in [0, 0.1) is 0 Å². The number of aliphatic hydroxyl groups excluding tert-OH is 1. The number of rotatable bonds is 6. The third-order valence-corrected chi connectivity index (χ3v) is 2.59. The van der Waals surface area contributed by atoms with E-state index in [1.54, 1.807) is 0 Å². The highest BCUT2D eigenvalue weighted by Crippen LogP contribution is 2.23. The average Bonchev–Trinajstić information content (AvgIpc) is 2.35. The lowest BCUT2D eigenvalue weighted by atomic mass is 10.0. The summed E-state index contributed by atoms with van der Waals surface area (Å²) in [5.74, 6) is 0.370. The van der Waals surface area contributed by atoms with Gasteiger partial charge in [0.15, 0.2) is 6.29 Å². The standard InChI is InChI=1S/C11H16ClNO3/c1-15-11(14)10(13-16-2)9-6-4-3-5-8(9)7-12/h3-6,10-11,13-14H,7H2,1-2H3. The second-order valence-electron chi connectivity index (χ2n) is 3.26. The van der Waals surface area contributed by atoms with Gasteiger partial charge in [0.2, 0.25) is 0 Å². The summed E-state index contributed by atoms with van der Waals surface area (Å²) in [7, 11) is 2.91. The Morgan fingerprint density at radius 2 is 2.06 bits per heavy atom. The first-order valence-electron chi connectivity index (χ1n) is 4.87. The third kappa shape index (κ3) is 3.17. The van der Waals surface area contributed by atoms with Crippen LogP contribution in [0.2, 0.25) is 0 Å². The molecule has 1 aromatic carbocycles. The number of alkyl halides is 1. The quantitative estimate of drug-likeness (QED) is 0.454. The molecule has 4 nitrogen and oxygen atoms in total. The number of benzene rings is 1. The van der Waals surface area contributed by atoms with E-state index in [1.165, 1.54) is 14.2 Å². The molecule has 0 fully saturated rings. The van der Waals surface area contributed by atoms with Crippen LogP contribution in [0.15, 0.2) is 24.3 Å². The molecule has 0 aliphatic carbocycles. The van der Waals surface area contributed by atoms with E-state index in [0.29, 0.717) is 5.88 Å². The van der Waals surface area contributed by atoms with Crippen molar-refractivity contribution in [1.82, 2.24) is 5.48 Å². The zero-order chi connectivity index (χ0) is 12.0. The molecular formula is C11H16ClNO3. The Bertz CT molecular complexity index is 322. The van der Waals surface area contributed by atoms with E-state index in [4.69, 9.17) is 21.2 Å². The van der Waals surface area contributed by atoms with E-state index >= 15 is 0 Å². The predicted molar refractivity (Wildman–Crippen MR) is 61.9 cm³/mol. The van der Waals surface area contributed by atoms with E-state index in [1.807, 2.05) is 24.3 Å². The number of halogens is 1. The minimum atomic E-state index is -0.996. The van der Waals surface area contributed by atoms with Gasteiger partial charge in [-0.1, -0.05) is 24.3 Å². The van der Waals surface area contributed by atoms with Gasteiger partial charge in [-0.05, 0) is 11.1 Å². The van der Waals surface area contributed by atoms with Gasteiger partial charge in [0.05, 0.1) is 7.11 Å². The monoisotopic (exact) mass is 245 g/mol. The van der Waals surface area contributed by atoms with Gasteiger partial charge in [-0.3, -0.25) is 0 Å². The van der Waals surface area contributed by atoms with E-state index in [-0.39, 0.29) is 0 Å². The Hall–Kier alpha value is -0.650. The Morgan fingerprint density at radius 3 is 2.62 bits per heavy atom. The van der Waals surface area contributed by atoms with Gasteiger partial charge in [0.1, 0.15) is 6.04 Å². The molecular weight excluding hydrogens is 230 g/mol. The molecule has 2 unspecified atom stereocenters. The fourth-order valence-electron chi connectivity index (χ4n) is 1.50. The molecule has 0 aliphatic heterocycles. The number of ether oxygens (including phenoxy) is 1. The van der Waals surface area contributed by atoms with Gasteiger partial charge < -0.3 is 14.7 Å². The molecule has 1 rings (SSSR count). The molecule has 90 valence electrons. The first-order valence-corrected chi connectivity index (χ1v) is 5.41. The largest absolute Gasteiger partial charge is 0.366 e. The molecule has 0 saturated heterocycles. The second kappa shape index (κ2) is 6.83. The van der Waals surface area contributed by atoms with Gasteiger partial charge in [-0.25, -0.2) is 0 Å². The molecule has 0 radical (unpaired) electrons. The van der Waals surface area contributed by atoms with Crippen molar-refractivity contribution in [2.75, 3.05) is 14.2 Å². The fourth-order valence-corrected chi connectivity index (χ4v) is 1.74. The maximum Gasteiger partial charge on any atom is 0.176 e. The predicted octanol–water partition coefficient (Wildman–Crippen LogP) is 1.58. The normalized spacial score (nSPS) is 14.8. The van der Waals surface area contributed by atoms with Crippen LogP contribution >= 0.6 is 11.6 Å². The summed E-state index contributed by atoms with van der Waals surface area (Å²) in [6.07, 6.45) is -0.996. The number of hydrogen-bond donors (Lipinski definition) is 2. The molecule has 0 bridgehead atoms. The van der Waals surface area contributed by atoms with Gasteiger partial charge in [-0.2, -0.15) is 5.48 Å². The molecule has 0 aliphatic rings. The summed E-state index contributed by atoms with van der Waals surface area (Å²) in [6, 6.07) is 7.07. The van der Waals surface area contributed by atoms with Crippen molar-refractivity contribution in [3.63, 3.8) is 0 Å². The lowest BCUT2D eigenvalue weighted by Gasteiger charge is -2.23. The Balaban J connectivity index is 2.99. The minimum absolute atomic E-state index is 0.370. The van der Waals surface area contributed by atoms with Crippen molar-refractivity contribution in [3.8, 4) is 0 Å². The highest BCUT2D eigenvalue weighted by molar-refractivity contribution is 6.17. The molecule has 1 aromatic rings. The molecule has 0 aromatic heterocycles. The van der Waals surface area contributed by atoms with Crippen LogP contribution < -0.4 is 5.48 Å². The lowest BCUT2D eigenvalue weighted by molar-refractivity contribution is -0.127. The zero-order valence-electron chi connectivity index (χ0n) is 9.31. The van der Waals surface area contributed by atoms with Crippen molar-refractivity contribution in [3.05, 3.63) is 35.4 Å². The molecule has 0 spiro atoms. The van der Waals surface area contributed by atoms with Gasteiger partial charge in [0, 0.05) is 13.0 Å². The van der Waals surface area contributed by atoms with Gasteiger partial charge >= 0.3 is 0 Å². The first-order chi connectivity index (χ1) is 7.74. The molecule has 0 amide bonds. The van der Waals surface area contributed by atoms with Crippen LogP contribution in [0.1, 0.15) is 17.2 Å². The highest BCUT2D eigenvalue weighted by Gasteiger charge is 2.22. The molecule has 16 heavy (non-hydrogen) atoms. The summed E-state index contributed by atoms with van der Waals surface area (Å²) >= 11 is 5.83. The SMILES string of the molecule is CONC(c1ccccc1CCl)C(O)OC. The number of nitrogens with one attached hydrogen (secondary N) is 1.